The van der Waals surface area contributed by atoms with Crippen molar-refractivity contribution in [2.75, 3.05) is 0 Å². The number of phenols is 1. The van der Waals surface area contributed by atoms with Crippen molar-refractivity contribution >= 4 is 58.0 Å². The van der Waals surface area contributed by atoms with Crippen LogP contribution in [-0.2, 0) is 33.1 Å². The number of phenolic OH excluding ortho intramolecular Hbond substituents is 1. The number of unbranched alkanes of at least 4 members (excludes halogenated alkanes) is 22. The molecule has 0 aliphatic carbocycles. The van der Waals surface area contributed by atoms with Crippen LogP contribution < -0.4 is 14.6 Å². The fourth-order valence-corrected chi connectivity index (χ4v) is 8.72. The van der Waals surface area contributed by atoms with Gasteiger partial charge in [0, 0.05) is 6.07 Å². The first-order valence-corrected chi connectivity index (χ1v) is 26.8. The number of aryl methyl sites for hydroxylation is 2. The largest absolute Gasteiger partial charge is 2.00 e. The molecule has 0 fully saturated rings. The summed E-state index contributed by atoms with van der Waals surface area (Å²) in [7, 11) is -8.81. The summed E-state index contributed by atoms with van der Waals surface area (Å²) in [5.74, 6) is 1.81. The smallest absolute Gasteiger partial charge is 0.872 e. The van der Waals surface area contributed by atoms with E-state index in [9.17, 15) is 36.2 Å². The number of hydrogen-bond donors (Lipinski definition) is 2. The van der Waals surface area contributed by atoms with Crippen molar-refractivity contribution in [3.63, 3.8) is 0 Å². The standard InChI is InChI=1S/2C26H38O5S.Ca/c2*1-2-3-4-5-6-7-8-9-10-11-12-13-15-22-20-25(32(28,29)30)18-19-26(22)31-24-17-14-16-23(27)21-24;/h2*14,16-21,27H,2-13,15H2,1H3,(H,28,29,30);/q;;+2/p-2. The Kier molecular flexibility index (Phi) is 30.1. The topological polar surface area (TPSA) is 173 Å². The van der Waals surface area contributed by atoms with Gasteiger partial charge in [-0.25, -0.2) is 8.42 Å². The van der Waals surface area contributed by atoms with Crippen LogP contribution in [0.15, 0.2) is 94.7 Å². The van der Waals surface area contributed by atoms with Crippen molar-refractivity contribution < 1.29 is 45.6 Å². The van der Waals surface area contributed by atoms with E-state index in [1.165, 1.54) is 164 Å². The van der Waals surface area contributed by atoms with Crippen molar-refractivity contribution in [1.82, 2.24) is 0 Å². The summed E-state index contributed by atoms with van der Waals surface area (Å²) in [6.07, 6.45) is 31.2. The zero-order valence-corrected chi connectivity index (χ0v) is 43.0. The molecule has 10 nitrogen and oxygen atoms in total. The van der Waals surface area contributed by atoms with E-state index >= 15 is 0 Å². The van der Waals surface area contributed by atoms with E-state index in [1.807, 2.05) is 0 Å². The summed E-state index contributed by atoms with van der Waals surface area (Å²) >= 11 is 0. The normalized spacial score (nSPS) is 11.4. The first kappa shape index (κ1) is 58.3. The molecule has 0 aliphatic heterocycles. The quantitative estimate of drug-likeness (QED) is 0.0272. The van der Waals surface area contributed by atoms with Gasteiger partial charge in [-0.1, -0.05) is 173 Å². The maximum atomic E-state index is 11.6. The molecule has 0 saturated heterocycles. The molecule has 0 spiro atoms. The molecular weight excluding hydrogens is 889 g/mol. The van der Waals surface area contributed by atoms with Gasteiger partial charge in [0.25, 0.3) is 10.1 Å². The van der Waals surface area contributed by atoms with E-state index in [4.69, 9.17) is 9.47 Å². The SMILES string of the molecule is CCCCCCCCCCCCCCc1cc(S(=O)(=O)O)ccc1Oc1cccc(O)c1.CCCCCCCCCCCCCCc1cc(S(=O)(=O)[O-])ccc1Oc1cccc([O-])c1.[Ca+2]. The molecule has 0 amide bonds. The van der Waals surface area contributed by atoms with Crippen LogP contribution >= 0.6 is 0 Å². The molecule has 0 radical (unpaired) electrons. The number of benzene rings is 4. The van der Waals surface area contributed by atoms with Gasteiger partial charge in [-0.15, -0.1) is 5.75 Å². The third-order valence-electron chi connectivity index (χ3n) is 11.3. The summed E-state index contributed by atoms with van der Waals surface area (Å²) in [6.45, 7) is 4.48. The Hall–Kier alpha value is -2.84. The molecule has 0 bridgehead atoms. The van der Waals surface area contributed by atoms with Gasteiger partial charge in [0.15, 0.2) is 0 Å². The van der Waals surface area contributed by atoms with E-state index in [0.717, 1.165) is 44.1 Å². The number of ether oxygens (including phenoxy) is 2. The van der Waals surface area contributed by atoms with Gasteiger partial charge in [-0.05, 0) is 97.5 Å². The van der Waals surface area contributed by atoms with Crippen molar-refractivity contribution in [2.45, 2.75) is 191 Å². The Morgan fingerprint density at radius 1 is 0.477 bits per heavy atom. The Bertz CT molecular complexity index is 1970. The van der Waals surface area contributed by atoms with Crippen LogP contribution in [0.4, 0.5) is 0 Å². The number of hydrogen-bond acceptors (Lipinski definition) is 9. The third kappa shape index (κ3) is 25.8. The first-order chi connectivity index (χ1) is 30.8. The summed E-state index contributed by atoms with van der Waals surface area (Å²) in [5.41, 5.74) is 1.40. The molecule has 0 heterocycles. The van der Waals surface area contributed by atoms with Crippen molar-refractivity contribution in [1.29, 1.82) is 0 Å². The van der Waals surface area contributed by atoms with Gasteiger partial charge in [-0.2, -0.15) is 8.42 Å². The molecule has 65 heavy (non-hydrogen) atoms. The molecule has 0 saturated carbocycles. The summed E-state index contributed by atoms with van der Waals surface area (Å²) in [5, 5.41) is 21.2. The van der Waals surface area contributed by atoms with Gasteiger partial charge in [0.05, 0.1) is 9.79 Å². The number of rotatable bonds is 32. The van der Waals surface area contributed by atoms with Crippen LogP contribution in [-0.4, -0.2) is 68.8 Å². The molecular formula is C52H74CaO10S2. The first-order valence-electron chi connectivity index (χ1n) is 23.9. The van der Waals surface area contributed by atoms with E-state index in [2.05, 4.69) is 13.8 Å². The fraction of sp³-hybridized carbons (Fsp3) is 0.538. The second-order valence-electron chi connectivity index (χ2n) is 16.9. The molecule has 4 aromatic rings. The van der Waals surface area contributed by atoms with Gasteiger partial charge in [0.2, 0.25) is 0 Å². The second kappa shape index (κ2) is 33.6. The average molecular weight is 963 g/mol. The zero-order valence-electron chi connectivity index (χ0n) is 39.2. The van der Waals surface area contributed by atoms with Crippen LogP contribution in [0.3, 0.4) is 0 Å². The molecule has 0 aliphatic rings. The van der Waals surface area contributed by atoms with Crippen LogP contribution in [0.2, 0.25) is 0 Å². The summed E-state index contributed by atoms with van der Waals surface area (Å²) in [6, 6.07) is 21.1. The summed E-state index contributed by atoms with van der Waals surface area (Å²) in [4.78, 5) is -0.383. The fourth-order valence-electron chi connectivity index (χ4n) is 7.67. The van der Waals surface area contributed by atoms with E-state index in [1.54, 1.807) is 36.4 Å². The molecule has 0 atom stereocenters. The summed E-state index contributed by atoms with van der Waals surface area (Å²) < 4.78 is 78.5. The molecule has 356 valence electrons. The van der Waals surface area contributed by atoms with Gasteiger partial charge in [-0.3, -0.25) is 4.55 Å². The predicted molar refractivity (Wildman–Crippen MR) is 260 cm³/mol. The maximum absolute atomic E-state index is 11.6. The Morgan fingerprint density at radius 2 is 0.846 bits per heavy atom. The Morgan fingerprint density at radius 3 is 1.23 bits per heavy atom. The molecule has 0 unspecified atom stereocenters. The van der Waals surface area contributed by atoms with Gasteiger partial charge >= 0.3 is 37.7 Å². The zero-order chi connectivity index (χ0) is 46.5. The van der Waals surface area contributed by atoms with Crippen LogP contribution in [0, 0.1) is 0 Å². The molecule has 0 aromatic heterocycles. The van der Waals surface area contributed by atoms with Crippen LogP contribution in [0.5, 0.6) is 34.5 Å². The molecule has 2 N–H and O–H groups in total. The molecule has 4 aromatic carbocycles. The average Bonchev–Trinajstić information content (AvgIpc) is 3.25. The maximum Gasteiger partial charge on any atom is 2.00 e. The van der Waals surface area contributed by atoms with Crippen molar-refractivity contribution in [3.05, 3.63) is 96.1 Å². The van der Waals surface area contributed by atoms with Crippen molar-refractivity contribution in [3.8, 4) is 34.5 Å². The Labute approximate surface area is 421 Å². The van der Waals surface area contributed by atoms with Crippen molar-refractivity contribution in [2.24, 2.45) is 0 Å². The van der Waals surface area contributed by atoms with Gasteiger partial charge in [0.1, 0.15) is 38.9 Å². The minimum Gasteiger partial charge on any atom is -0.872 e. The third-order valence-corrected chi connectivity index (χ3v) is 13.0. The Balaban J connectivity index is 0.000000440. The molecule has 4 rings (SSSR count). The monoisotopic (exact) mass is 962 g/mol. The van der Waals surface area contributed by atoms with Crippen LogP contribution in [0.25, 0.3) is 0 Å². The number of aromatic hydroxyl groups is 1. The van der Waals surface area contributed by atoms with E-state index < -0.39 is 20.2 Å². The minimum absolute atomic E-state index is 0. The van der Waals surface area contributed by atoms with Gasteiger partial charge < -0.3 is 24.2 Å². The second-order valence-corrected chi connectivity index (χ2v) is 19.7. The van der Waals surface area contributed by atoms with E-state index in [0.29, 0.717) is 41.4 Å². The minimum atomic E-state index is -4.53. The van der Waals surface area contributed by atoms with Crippen LogP contribution in [0.1, 0.15) is 179 Å². The molecule has 13 heteroatoms. The van der Waals surface area contributed by atoms with E-state index in [-0.39, 0.29) is 59.0 Å². The predicted octanol–water partition coefficient (Wildman–Crippen LogP) is 14.0.